The molecule has 0 rings (SSSR count). The Labute approximate surface area is 103 Å². The van der Waals surface area contributed by atoms with Gasteiger partial charge >= 0.3 is 5.97 Å². The Kier molecular flexibility index (Phi) is 6.09. The monoisotopic (exact) mass is 248 g/mol. The number of methoxy groups -OCH3 is 1. The maximum atomic E-state index is 11.6. The normalized spacial score (nSPS) is 12.9. The fraction of sp³-hybridized carbons (Fsp3) is 0.917. The highest BCUT2D eigenvalue weighted by Gasteiger charge is 2.37. The molecule has 0 aliphatic carbocycles. The van der Waals surface area contributed by atoms with Crippen LogP contribution in [0.2, 0.25) is 0 Å². The van der Waals surface area contributed by atoms with E-state index in [1.807, 2.05) is 13.8 Å². The molecule has 17 heavy (non-hydrogen) atoms. The lowest BCUT2D eigenvalue weighted by molar-refractivity contribution is -0.160. The summed E-state index contributed by atoms with van der Waals surface area (Å²) in [5.74, 6) is -0.307. The highest BCUT2D eigenvalue weighted by Crippen LogP contribution is 2.32. The lowest BCUT2D eigenvalue weighted by atomic mass is 9.81. The van der Waals surface area contributed by atoms with Crippen molar-refractivity contribution in [2.24, 2.45) is 5.41 Å². The predicted octanol–water partition coefficient (Wildman–Crippen LogP) is 0.724. The molecule has 0 aromatic carbocycles. The van der Waals surface area contributed by atoms with Crippen LogP contribution in [0.3, 0.4) is 0 Å². The van der Waals surface area contributed by atoms with Crippen LogP contribution in [-0.4, -0.2) is 48.2 Å². The third-order valence-corrected chi connectivity index (χ3v) is 2.50. The molecule has 0 unspecified atom stereocenters. The Hall–Kier alpha value is -0.650. The number of aliphatic hydroxyl groups is 2. The van der Waals surface area contributed by atoms with Crippen LogP contribution in [-0.2, 0) is 14.3 Å². The number of hydrogen-bond donors (Lipinski definition) is 2. The smallest absolute Gasteiger partial charge is 0.311 e. The Bertz CT molecular complexity index is 243. The molecule has 0 fully saturated rings. The third kappa shape index (κ3) is 5.48. The summed E-state index contributed by atoms with van der Waals surface area (Å²) < 4.78 is 10.3. The molecule has 0 atom stereocenters. The van der Waals surface area contributed by atoms with Crippen LogP contribution in [0.1, 0.15) is 34.1 Å². The van der Waals surface area contributed by atoms with Gasteiger partial charge in [-0.25, -0.2) is 0 Å². The van der Waals surface area contributed by atoms with E-state index in [2.05, 4.69) is 0 Å². The van der Waals surface area contributed by atoms with Crippen LogP contribution in [0.4, 0.5) is 0 Å². The van der Waals surface area contributed by atoms with Gasteiger partial charge in [-0.05, 0) is 34.1 Å². The summed E-state index contributed by atoms with van der Waals surface area (Å²) in [5.41, 5.74) is -1.30. The predicted molar refractivity (Wildman–Crippen MR) is 63.5 cm³/mol. The van der Waals surface area contributed by atoms with Gasteiger partial charge in [0, 0.05) is 0 Å². The van der Waals surface area contributed by atoms with Crippen LogP contribution in [0.15, 0.2) is 0 Å². The Morgan fingerprint density at radius 3 is 2.00 bits per heavy atom. The first-order chi connectivity index (χ1) is 7.68. The van der Waals surface area contributed by atoms with Crippen molar-refractivity contribution >= 4 is 5.97 Å². The van der Waals surface area contributed by atoms with Gasteiger partial charge in [0.05, 0.1) is 31.3 Å². The highest BCUT2D eigenvalue weighted by molar-refractivity contribution is 5.75. The molecule has 0 bridgehead atoms. The average Bonchev–Trinajstić information content (AvgIpc) is 2.23. The van der Waals surface area contributed by atoms with Gasteiger partial charge in [0.2, 0.25) is 0 Å². The molecular weight excluding hydrogens is 224 g/mol. The molecule has 0 radical (unpaired) electrons. The Morgan fingerprint density at radius 1 is 1.18 bits per heavy atom. The molecule has 0 aromatic heterocycles. The van der Waals surface area contributed by atoms with E-state index in [1.54, 1.807) is 13.8 Å². The first-order valence-electron chi connectivity index (χ1n) is 5.66. The first-order valence-corrected chi connectivity index (χ1v) is 5.66. The fourth-order valence-electron chi connectivity index (χ4n) is 2.04. The summed E-state index contributed by atoms with van der Waals surface area (Å²) in [7, 11) is 1.35. The maximum absolute atomic E-state index is 11.6. The molecule has 0 aliphatic rings. The largest absolute Gasteiger partial charge is 0.469 e. The van der Waals surface area contributed by atoms with E-state index < -0.39 is 17.1 Å². The topological polar surface area (TPSA) is 76.0 Å². The van der Waals surface area contributed by atoms with Crippen LogP contribution < -0.4 is 0 Å². The van der Waals surface area contributed by atoms with Gasteiger partial charge in [-0.2, -0.15) is 0 Å². The van der Waals surface area contributed by atoms with E-state index in [9.17, 15) is 4.79 Å². The fourth-order valence-corrected chi connectivity index (χ4v) is 2.04. The summed E-state index contributed by atoms with van der Waals surface area (Å²) in [5, 5.41) is 17.9. The zero-order chi connectivity index (χ0) is 13.7. The van der Waals surface area contributed by atoms with Crippen molar-refractivity contribution in [1.82, 2.24) is 0 Å². The summed E-state index contributed by atoms with van der Waals surface area (Å²) in [6, 6.07) is 0. The number of carbonyl (C=O) groups is 1. The van der Waals surface area contributed by atoms with Crippen molar-refractivity contribution in [1.29, 1.82) is 0 Å². The zero-order valence-corrected chi connectivity index (χ0v) is 11.3. The number of aliphatic hydroxyl groups excluding tert-OH is 2. The van der Waals surface area contributed by atoms with Crippen molar-refractivity contribution in [2.75, 3.05) is 20.3 Å². The SMILES string of the molecule is COC(=O)C(C)(C)CC(C)(C)OC(CO)CO. The molecule has 102 valence electrons. The summed E-state index contributed by atoms with van der Waals surface area (Å²) in [4.78, 5) is 11.6. The second-order valence-electron chi connectivity index (χ2n) is 5.42. The minimum absolute atomic E-state index is 0.251. The van der Waals surface area contributed by atoms with E-state index in [1.165, 1.54) is 7.11 Å². The van der Waals surface area contributed by atoms with E-state index >= 15 is 0 Å². The zero-order valence-electron chi connectivity index (χ0n) is 11.3. The van der Waals surface area contributed by atoms with Gasteiger partial charge in [-0.15, -0.1) is 0 Å². The second kappa shape index (κ2) is 6.33. The molecular formula is C12H24O5. The molecule has 0 aliphatic heterocycles. The van der Waals surface area contributed by atoms with Gasteiger partial charge in [0.1, 0.15) is 6.10 Å². The maximum Gasteiger partial charge on any atom is 0.311 e. The minimum Gasteiger partial charge on any atom is -0.469 e. The minimum atomic E-state index is -0.673. The summed E-state index contributed by atoms with van der Waals surface area (Å²) in [6.07, 6.45) is -0.193. The Balaban J connectivity index is 4.57. The number of hydrogen-bond acceptors (Lipinski definition) is 5. The van der Waals surface area contributed by atoms with Gasteiger partial charge in [-0.1, -0.05) is 0 Å². The summed E-state index contributed by atoms with van der Waals surface area (Å²) >= 11 is 0. The molecule has 0 heterocycles. The number of carbonyl (C=O) groups excluding carboxylic acids is 1. The van der Waals surface area contributed by atoms with Crippen LogP contribution in [0, 0.1) is 5.41 Å². The van der Waals surface area contributed by atoms with E-state index in [0.717, 1.165) is 0 Å². The van der Waals surface area contributed by atoms with Gasteiger partial charge in [0.15, 0.2) is 0 Å². The van der Waals surface area contributed by atoms with Crippen LogP contribution in [0.5, 0.6) is 0 Å². The molecule has 5 heteroatoms. The van der Waals surface area contributed by atoms with E-state index in [-0.39, 0.29) is 19.2 Å². The highest BCUT2D eigenvalue weighted by atomic mass is 16.5. The van der Waals surface area contributed by atoms with Crippen molar-refractivity contribution in [3.05, 3.63) is 0 Å². The van der Waals surface area contributed by atoms with Crippen molar-refractivity contribution < 1.29 is 24.5 Å². The molecule has 0 amide bonds. The van der Waals surface area contributed by atoms with Gasteiger partial charge < -0.3 is 19.7 Å². The lowest BCUT2D eigenvalue weighted by Crippen LogP contribution is -2.41. The standard InChI is InChI=1S/C12H24O5/c1-11(2,10(15)16-5)8-12(3,4)17-9(6-13)7-14/h9,13-14H,6-8H2,1-5H3. The number of rotatable bonds is 7. The molecule has 2 N–H and O–H groups in total. The van der Waals surface area contributed by atoms with Crippen molar-refractivity contribution in [3.8, 4) is 0 Å². The summed E-state index contributed by atoms with van der Waals surface area (Å²) in [6.45, 7) is 6.68. The first kappa shape index (κ1) is 16.4. The Morgan fingerprint density at radius 2 is 1.65 bits per heavy atom. The van der Waals surface area contributed by atoms with E-state index in [4.69, 9.17) is 19.7 Å². The van der Waals surface area contributed by atoms with Crippen LogP contribution in [0.25, 0.3) is 0 Å². The molecule has 0 saturated carbocycles. The molecule has 0 spiro atoms. The van der Waals surface area contributed by atoms with E-state index in [0.29, 0.717) is 6.42 Å². The quantitative estimate of drug-likeness (QED) is 0.649. The second-order valence-corrected chi connectivity index (χ2v) is 5.42. The van der Waals surface area contributed by atoms with Crippen LogP contribution >= 0.6 is 0 Å². The average molecular weight is 248 g/mol. The lowest BCUT2D eigenvalue weighted by Gasteiger charge is -2.35. The number of esters is 1. The third-order valence-electron chi connectivity index (χ3n) is 2.50. The van der Waals surface area contributed by atoms with Crippen molar-refractivity contribution in [3.63, 3.8) is 0 Å². The molecule has 0 saturated heterocycles. The molecule has 0 aromatic rings. The number of ether oxygens (including phenoxy) is 2. The van der Waals surface area contributed by atoms with Gasteiger partial charge in [-0.3, -0.25) is 4.79 Å². The van der Waals surface area contributed by atoms with Crippen molar-refractivity contribution in [2.45, 2.75) is 45.8 Å². The van der Waals surface area contributed by atoms with Gasteiger partial charge in [0.25, 0.3) is 0 Å². The molecule has 5 nitrogen and oxygen atoms in total.